The molecule has 94 valence electrons. The number of hydrogen-bond acceptors (Lipinski definition) is 2. The van der Waals surface area contributed by atoms with Crippen LogP contribution in [0.25, 0.3) is 0 Å². The molecule has 0 radical (unpaired) electrons. The van der Waals surface area contributed by atoms with Crippen molar-refractivity contribution in [2.45, 2.75) is 39.7 Å². The molecule has 0 heterocycles. The van der Waals surface area contributed by atoms with E-state index in [4.69, 9.17) is 4.74 Å². The molecule has 2 rings (SSSR count). The monoisotopic (exact) mass is 233 g/mol. The number of rotatable bonds is 5. The van der Waals surface area contributed by atoms with Gasteiger partial charge in [0.25, 0.3) is 0 Å². The maximum absolute atomic E-state index is 5.50. The lowest BCUT2D eigenvalue weighted by Crippen LogP contribution is -2.37. The van der Waals surface area contributed by atoms with Crippen LogP contribution in [0.4, 0.5) is 5.69 Å². The highest BCUT2D eigenvalue weighted by Crippen LogP contribution is 2.35. The summed E-state index contributed by atoms with van der Waals surface area (Å²) in [5.41, 5.74) is 1.18. The Bertz CT molecular complexity index is 356. The van der Waals surface area contributed by atoms with Gasteiger partial charge in [0.15, 0.2) is 0 Å². The first-order valence-corrected chi connectivity index (χ1v) is 6.68. The first-order chi connectivity index (χ1) is 8.19. The Labute approximate surface area is 104 Å². The summed E-state index contributed by atoms with van der Waals surface area (Å²) >= 11 is 0. The highest BCUT2D eigenvalue weighted by Gasteiger charge is 2.30. The third kappa shape index (κ3) is 3.15. The second-order valence-corrected chi connectivity index (χ2v) is 5.28. The normalized spacial score (nSPS) is 23.3. The molecular weight excluding hydrogens is 210 g/mol. The van der Waals surface area contributed by atoms with Gasteiger partial charge in [-0.05, 0) is 43.7 Å². The Morgan fingerprint density at radius 2 is 2.12 bits per heavy atom. The molecule has 0 bridgehead atoms. The van der Waals surface area contributed by atoms with Crippen LogP contribution in [-0.4, -0.2) is 12.6 Å². The van der Waals surface area contributed by atoms with Crippen molar-refractivity contribution in [1.29, 1.82) is 0 Å². The van der Waals surface area contributed by atoms with E-state index in [1.54, 1.807) is 0 Å². The third-order valence-corrected chi connectivity index (χ3v) is 3.63. The molecule has 2 nitrogen and oxygen atoms in total. The first kappa shape index (κ1) is 12.3. The molecule has 0 unspecified atom stereocenters. The van der Waals surface area contributed by atoms with Crippen LogP contribution in [0.2, 0.25) is 0 Å². The summed E-state index contributed by atoms with van der Waals surface area (Å²) in [6, 6.07) is 8.91. The predicted octanol–water partition coefficient (Wildman–Crippen LogP) is 3.93. The number of hydrogen-bond donors (Lipinski definition) is 1. The van der Waals surface area contributed by atoms with Crippen LogP contribution in [0.3, 0.4) is 0 Å². The maximum atomic E-state index is 5.50. The van der Waals surface area contributed by atoms with Crippen molar-refractivity contribution in [3.05, 3.63) is 24.3 Å². The molecule has 0 aliphatic heterocycles. The van der Waals surface area contributed by atoms with Gasteiger partial charge in [-0.1, -0.05) is 19.9 Å². The molecule has 2 heteroatoms. The van der Waals surface area contributed by atoms with Crippen molar-refractivity contribution in [2.24, 2.45) is 11.8 Å². The van der Waals surface area contributed by atoms with E-state index >= 15 is 0 Å². The molecule has 1 aromatic carbocycles. The van der Waals surface area contributed by atoms with Gasteiger partial charge in [-0.25, -0.2) is 0 Å². The van der Waals surface area contributed by atoms with Crippen molar-refractivity contribution < 1.29 is 4.74 Å². The van der Waals surface area contributed by atoms with Crippen molar-refractivity contribution in [3.63, 3.8) is 0 Å². The highest BCUT2D eigenvalue weighted by molar-refractivity contribution is 5.49. The van der Waals surface area contributed by atoms with Crippen LogP contribution in [0.15, 0.2) is 24.3 Å². The SMILES string of the molecule is CCOc1cccc(NC2CC(C(C)C)C2)c1. The van der Waals surface area contributed by atoms with Crippen molar-refractivity contribution in [1.82, 2.24) is 0 Å². The summed E-state index contributed by atoms with van der Waals surface area (Å²) < 4.78 is 5.50. The summed E-state index contributed by atoms with van der Waals surface area (Å²) in [5, 5.41) is 3.58. The van der Waals surface area contributed by atoms with Gasteiger partial charge >= 0.3 is 0 Å². The second-order valence-electron chi connectivity index (χ2n) is 5.28. The van der Waals surface area contributed by atoms with Gasteiger partial charge in [0.1, 0.15) is 5.75 Å². The van der Waals surface area contributed by atoms with Crippen LogP contribution < -0.4 is 10.1 Å². The quantitative estimate of drug-likeness (QED) is 0.832. The van der Waals surface area contributed by atoms with E-state index in [1.165, 1.54) is 18.5 Å². The van der Waals surface area contributed by atoms with E-state index in [0.717, 1.165) is 24.2 Å². The topological polar surface area (TPSA) is 21.3 Å². The maximum Gasteiger partial charge on any atom is 0.121 e. The van der Waals surface area contributed by atoms with Crippen LogP contribution in [0, 0.1) is 11.8 Å². The molecule has 1 aromatic rings. The lowest BCUT2D eigenvalue weighted by atomic mass is 9.73. The van der Waals surface area contributed by atoms with Gasteiger partial charge in [-0.15, -0.1) is 0 Å². The molecule has 0 spiro atoms. The van der Waals surface area contributed by atoms with Gasteiger partial charge in [-0.2, -0.15) is 0 Å². The summed E-state index contributed by atoms with van der Waals surface area (Å²) in [4.78, 5) is 0. The fraction of sp³-hybridized carbons (Fsp3) is 0.600. The molecule has 0 amide bonds. The Hall–Kier alpha value is -1.18. The second kappa shape index (κ2) is 5.44. The smallest absolute Gasteiger partial charge is 0.121 e. The lowest BCUT2D eigenvalue weighted by molar-refractivity contribution is 0.212. The van der Waals surface area contributed by atoms with Crippen molar-refractivity contribution in [2.75, 3.05) is 11.9 Å². The summed E-state index contributed by atoms with van der Waals surface area (Å²) in [7, 11) is 0. The number of nitrogens with one attached hydrogen (secondary N) is 1. The van der Waals surface area contributed by atoms with E-state index in [1.807, 2.05) is 19.1 Å². The molecule has 1 aliphatic carbocycles. The zero-order chi connectivity index (χ0) is 12.3. The van der Waals surface area contributed by atoms with Gasteiger partial charge in [0.05, 0.1) is 6.61 Å². The first-order valence-electron chi connectivity index (χ1n) is 6.68. The number of anilines is 1. The van der Waals surface area contributed by atoms with Crippen LogP contribution in [-0.2, 0) is 0 Å². The van der Waals surface area contributed by atoms with E-state index in [2.05, 4.69) is 31.3 Å². The molecule has 17 heavy (non-hydrogen) atoms. The van der Waals surface area contributed by atoms with Gasteiger partial charge in [0.2, 0.25) is 0 Å². The average molecular weight is 233 g/mol. The number of benzene rings is 1. The summed E-state index contributed by atoms with van der Waals surface area (Å²) in [6.07, 6.45) is 2.60. The van der Waals surface area contributed by atoms with Crippen molar-refractivity contribution >= 4 is 5.69 Å². The standard InChI is InChI=1S/C15H23NO/c1-4-17-15-7-5-6-13(10-15)16-14-8-12(9-14)11(2)3/h5-7,10-12,14,16H,4,8-9H2,1-3H3. The number of ether oxygens (including phenoxy) is 1. The van der Waals surface area contributed by atoms with Crippen LogP contribution in [0.5, 0.6) is 5.75 Å². The minimum absolute atomic E-state index is 0.652. The predicted molar refractivity (Wildman–Crippen MR) is 72.6 cm³/mol. The molecule has 0 atom stereocenters. The molecular formula is C15H23NO. The van der Waals surface area contributed by atoms with E-state index in [9.17, 15) is 0 Å². The third-order valence-electron chi connectivity index (χ3n) is 3.63. The molecule has 1 aliphatic rings. The minimum Gasteiger partial charge on any atom is -0.494 e. The molecule has 1 fully saturated rings. The Morgan fingerprint density at radius 3 is 2.76 bits per heavy atom. The Kier molecular flexibility index (Phi) is 3.93. The molecule has 1 saturated carbocycles. The highest BCUT2D eigenvalue weighted by atomic mass is 16.5. The average Bonchev–Trinajstić information content (AvgIpc) is 2.23. The molecule has 1 N–H and O–H groups in total. The van der Waals surface area contributed by atoms with Crippen LogP contribution >= 0.6 is 0 Å². The zero-order valence-electron chi connectivity index (χ0n) is 11.1. The Morgan fingerprint density at radius 1 is 1.35 bits per heavy atom. The van der Waals surface area contributed by atoms with E-state index < -0.39 is 0 Å². The zero-order valence-corrected chi connectivity index (χ0v) is 11.1. The van der Waals surface area contributed by atoms with Gasteiger partial charge in [-0.3, -0.25) is 0 Å². The summed E-state index contributed by atoms with van der Waals surface area (Å²) in [5.74, 6) is 2.68. The summed E-state index contributed by atoms with van der Waals surface area (Å²) in [6.45, 7) is 7.37. The molecule has 0 saturated heterocycles. The lowest BCUT2D eigenvalue weighted by Gasteiger charge is -2.39. The minimum atomic E-state index is 0.652. The Balaban J connectivity index is 1.85. The van der Waals surface area contributed by atoms with Gasteiger partial charge in [0, 0.05) is 17.8 Å². The fourth-order valence-electron chi connectivity index (χ4n) is 2.40. The van der Waals surface area contributed by atoms with E-state index in [-0.39, 0.29) is 0 Å². The van der Waals surface area contributed by atoms with Crippen molar-refractivity contribution in [3.8, 4) is 5.75 Å². The largest absolute Gasteiger partial charge is 0.494 e. The fourth-order valence-corrected chi connectivity index (χ4v) is 2.40. The van der Waals surface area contributed by atoms with Gasteiger partial charge < -0.3 is 10.1 Å². The van der Waals surface area contributed by atoms with Crippen LogP contribution in [0.1, 0.15) is 33.6 Å². The van der Waals surface area contributed by atoms with E-state index in [0.29, 0.717) is 6.04 Å². The molecule has 0 aromatic heterocycles.